The number of allylic oxidation sites excluding steroid dienone is 2. The van der Waals surface area contributed by atoms with Crippen LogP contribution in [0.5, 0.6) is 5.75 Å². The Kier molecular flexibility index (Phi) is 5.84. The van der Waals surface area contributed by atoms with Gasteiger partial charge in [0.1, 0.15) is 5.75 Å². The van der Waals surface area contributed by atoms with Gasteiger partial charge in [0.05, 0.1) is 17.8 Å². The van der Waals surface area contributed by atoms with Crippen molar-refractivity contribution in [3.05, 3.63) is 100 Å². The van der Waals surface area contributed by atoms with Gasteiger partial charge in [-0.05, 0) is 41.5 Å². The van der Waals surface area contributed by atoms with Crippen molar-refractivity contribution < 1.29 is 4.74 Å². The van der Waals surface area contributed by atoms with Crippen molar-refractivity contribution in [3.63, 3.8) is 0 Å². The summed E-state index contributed by atoms with van der Waals surface area (Å²) < 4.78 is 5.45. The molecular weight excluding hydrogens is 401 g/mol. The zero-order chi connectivity index (χ0) is 20.2. The summed E-state index contributed by atoms with van der Waals surface area (Å²) in [5, 5.41) is 1.24. The topological polar surface area (TPSA) is 21.6 Å². The number of hydrogen-bond acceptors (Lipinski definition) is 2. The van der Waals surface area contributed by atoms with Crippen LogP contribution in [0.15, 0.2) is 83.9 Å². The SMILES string of the molecule is COc1ccccc1-c1ccc(/C=C/C2=NC(c3ccc(Cl)cc3Cl)=CC2)cc1. The van der Waals surface area contributed by atoms with Crippen LogP contribution >= 0.6 is 23.2 Å². The van der Waals surface area contributed by atoms with E-state index in [-0.39, 0.29) is 0 Å². The molecule has 0 radical (unpaired) electrons. The first-order valence-corrected chi connectivity index (χ1v) is 10.0. The van der Waals surface area contributed by atoms with E-state index in [1.807, 2.05) is 36.4 Å². The highest BCUT2D eigenvalue weighted by atomic mass is 35.5. The smallest absolute Gasteiger partial charge is 0.126 e. The molecular formula is C25H19Cl2NO. The molecule has 1 aliphatic rings. The van der Waals surface area contributed by atoms with Gasteiger partial charge in [-0.1, -0.05) is 77.8 Å². The standard InChI is InChI=1S/C25H19Cl2NO/c1-29-25-5-3-2-4-21(25)18-9-6-17(7-10-18)8-12-20-13-15-24(28-20)22-14-11-19(26)16-23(22)27/h2-12,14-16H,13H2,1H3/b12-8+. The zero-order valence-corrected chi connectivity index (χ0v) is 17.4. The summed E-state index contributed by atoms with van der Waals surface area (Å²) in [5.74, 6) is 0.871. The van der Waals surface area contributed by atoms with E-state index in [0.29, 0.717) is 10.0 Å². The van der Waals surface area contributed by atoms with E-state index in [0.717, 1.165) is 45.8 Å². The fourth-order valence-electron chi connectivity index (χ4n) is 3.27. The summed E-state index contributed by atoms with van der Waals surface area (Å²) in [4.78, 5) is 4.70. The minimum absolute atomic E-state index is 0.615. The first-order valence-electron chi connectivity index (χ1n) is 9.29. The Morgan fingerprint density at radius 2 is 1.69 bits per heavy atom. The number of halogens is 2. The summed E-state index contributed by atoms with van der Waals surface area (Å²) in [5.41, 5.74) is 6.11. The van der Waals surface area contributed by atoms with E-state index in [1.165, 1.54) is 0 Å². The molecule has 0 N–H and O–H groups in total. The van der Waals surface area contributed by atoms with Crippen molar-refractivity contribution in [2.45, 2.75) is 6.42 Å². The molecule has 2 nitrogen and oxygen atoms in total. The second-order valence-corrected chi connectivity index (χ2v) is 7.52. The molecule has 0 aliphatic carbocycles. The highest BCUT2D eigenvalue weighted by Gasteiger charge is 2.12. The van der Waals surface area contributed by atoms with Gasteiger partial charge in [0.2, 0.25) is 0 Å². The number of para-hydroxylation sites is 1. The van der Waals surface area contributed by atoms with Crippen LogP contribution in [0, 0.1) is 0 Å². The Balaban J connectivity index is 1.49. The third-order valence-electron chi connectivity index (χ3n) is 4.77. The molecule has 1 aliphatic heterocycles. The van der Waals surface area contributed by atoms with Gasteiger partial charge >= 0.3 is 0 Å². The quantitative estimate of drug-likeness (QED) is 0.417. The number of nitrogens with zero attached hydrogens (tertiary/aromatic N) is 1. The molecule has 144 valence electrons. The number of hydrogen-bond donors (Lipinski definition) is 0. The Morgan fingerprint density at radius 1 is 0.897 bits per heavy atom. The summed E-state index contributed by atoms with van der Waals surface area (Å²) in [6.07, 6.45) is 6.99. The fraction of sp³-hybridized carbons (Fsp3) is 0.0800. The van der Waals surface area contributed by atoms with Crippen LogP contribution in [0.1, 0.15) is 17.5 Å². The maximum atomic E-state index is 6.30. The molecule has 0 atom stereocenters. The third-order valence-corrected chi connectivity index (χ3v) is 5.32. The molecule has 0 saturated heterocycles. The molecule has 0 unspecified atom stereocenters. The maximum Gasteiger partial charge on any atom is 0.126 e. The van der Waals surface area contributed by atoms with Gasteiger partial charge in [-0.3, -0.25) is 4.99 Å². The normalized spacial score (nSPS) is 13.5. The summed E-state index contributed by atoms with van der Waals surface area (Å²) in [6, 6.07) is 21.9. The van der Waals surface area contributed by atoms with Crippen LogP contribution in [0.4, 0.5) is 0 Å². The first kappa shape index (κ1) is 19.5. The molecule has 3 aromatic carbocycles. The molecule has 0 fully saturated rings. The summed E-state index contributed by atoms with van der Waals surface area (Å²) in [6.45, 7) is 0. The van der Waals surface area contributed by atoms with Gasteiger partial charge < -0.3 is 4.74 Å². The van der Waals surface area contributed by atoms with Crippen LogP contribution < -0.4 is 4.74 Å². The lowest BCUT2D eigenvalue weighted by atomic mass is 10.0. The molecule has 3 aromatic rings. The van der Waals surface area contributed by atoms with Gasteiger partial charge in [0.15, 0.2) is 0 Å². The monoisotopic (exact) mass is 419 g/mol. The lowest BCUT2D eigenvalue weighted by Gasteiger charge is -2.08. The summed E-state index contributed by atoms with van der Waals surface area (Å²) in [7, 11) is 1.69. The van der Waals surface area contributed by atoms with Crippen LogP contribution in [-0.4, -0.2) is 12.8 Å². The second-order valence-electron chi connectivity index (χ2n) is 6.68. The minimum Gasteiger partial charge on any atom is -0.496 e. The van der Waals surface area contributed by atoms with E-state index in [2.05, 4.69) is 42.5 Å². The molecule has 0 saturated carbocycles. The van der Waals surface area contributed by atoms with Crippen molar-refractivity contribution >= 4 is 40.7 Å². The van der Waals surface area contributed by atoms with Crippen molar-refractivity contribution in [2.24, 2.45) is 4.99 Å². The Morgan fingerprint density at radius 3 is 2.45 bits per heavy atom. The number of rotatable bonds is 5. The molecule has 4 rings (SSSR count). The molecule has 1 heterocycles. The highest BCUT2D eigenvalue weighted by molar-refractivity contribution is 6.35. The fourth-order valence-corrected chi connectivity index (χ4v) is 3.77. The van der Waals surface area contributed by atoms with E-state index in [1.54, 1.807) is 13.2 Å². The number of aliphatic imine (C=N–C) groups is 1. The van der Waals surface area contributed by atoms with Crippen LogP contribution in [0.2, 0.25) is 10.0 Å². The van der Waals surface area contributed by atoms with Crippen molar-refractivity contribution in [1.29, 1.82) is 0 Å². The van der Waals surface area contributed by atoms with E-state index in [4.69, 9.17) is 32.9 Å². The predicted molar refractivity (Wildman–Crippen MR) is 124 cm³/mol. The van der Waals surface area contributed by atoms with Crippen LogP contribution in [-0.2, 0) is 0 Å². The van der Waals surface area contributed by atoms with Crippen molar-refractivity contribution in [1.82, 2.24) is 0 Å². The number of methoxy groups -OCH3 is 1. The average Bonchev–Trinajstić information content (AvgIpc) is 3.21. The molecule has 0 spiro atoms. The van der Waals surface area contributed by atoms with Crippen molar-refractivity contribution in [3.8, 4) is 16.9 Å². The number of ether oxygens (including phenoxy) is 1. The van der Waals surface area contributed by atoms with Crippen LogP contribution in [0.25, 0.3) is 22.9 Å². The zero-order valence-electron chi connectivity index (χ0n) is 15.9. The number of benzene rings is 3. The Hall–Kier alpha value is -2.81. The Bertz CT molecular complexity index is 1130. The van der Waals surface area contributed by atoms with Gasteiger partial charge in [0.25, 0.3) is 0 Å². The predicted octanol–water partition coefficient (Wildman–Crippen LogP) is 7.57. The lowest BCUT2D eigenvalue weighted by Crippen LogP contribution is -1.88. The molecule has 0 bridgehead atoms. The van der Waals surface area contributed by atoms with Gasteiger partial charge in [-0.25, -0.2) is 0 Å². The van der Waals surface area contributed by atoms with Gasteiger partial charge in [-0.15, -0.1) is 0 Å². The van der Waals surface area contributed by atoms with E-state index >= 15 is 0 Å². The molecule has 29 heavy (non-hydrogen) atoms. The van der Waals surface area contributed by atoms with Gasteiger partial charge in [0, 0.05) is 28.3 Å². The highest BCUT2D eigenvalue weighted by Crippen LogP contribution is 2.31. The van der Waals surface area contributed by atoms with E-state index in [9.17, 15) is 0 Å². The maximum absolute atomic E-state index is 6.30. The van der Waals surface area contributed by atoms with Crippen LogP contribution in [0.3, 0.4) is 0 Å². The molecule has 0 amide bonds. The molecule has 0 aromatic heterocycles. The minimum atomic E-state index is 0.615. The average molecular weight is 420 g/mol. The second kappa shape index (κ2) is 8.69. The van der Waals surface area contributed by atoms with E-state index < -0.39 is 0 Å². The van der Waals surface area contributed by atoms with Crippen molar-refractivity contribution in [2.75, 3.05) is 7.11 Å². The first-order chi connectivity index (χ1) is 14.1. The lowest BCUT2D eigenvalue weighted by molar-refractivity contribution is 0.416. The van der Waals surface area contributed by atoms with Gasteiger partial charge in [-0.2, -0.15) is 0 Å². The Labute approximate surface area is 180 Å². The summed E-state index contributed by atoms with van der Waals surface area (Å²) >= 11 is 12.3. The third kappa shape index (κ3) is 4.45. The largest absolute Gasteiger partial charge is 0.496 e. The molecule has 4 heteroatoms.